The van der Waals surface area contributed by atoms with Gasteiger partial charge in [0.1, 0.15) is 10.7 Å². The molecule has 0 aliphatic carbocycles. The number of amides is 1. The SMILES string of the molecule is C[C@@H](c1nc2ccccc2s1)N(C)C(=O)COC(=O)c1cc(Cl)ccn1. The van der Waals surface area contributed by atoms with E-state index < -0.39 is 5.97 Å². The van der Waals surface area contributed by atoms with Crippen molar-refractivity contribution >= 4 is 45.0 Å². The van der Waals surface area contributed by atoms with E-state index in [1.54, 1.807) is 13.1 Å². The third-order valence-electron chi connectivity index (χ3n) is 3.90. The zero-order valence-corrected chi connectivity index (χ0v) is 15.8. The van der Waals surface area contributed by atoms with Crippen LogP contribution >= 0.6 is 22.9 Å². The lowest BCUT2D eigenvalue weighted by Crippen LogP contribution is -2.33. The van der Waals surface area contributed by atoms with Crippen molar-refractivity contribution in [2.75, 3.05) is 13.7 Å². The molecule has 3 aromatic rings. The molecule has 0 bridgehead atoms. The molecule has 6 nitrogen and oxygen atoms in total. The number of likely N-dealkylation sites (N-methyl/N-ethyl adjacent to an activating group) is 1. The van der Waals surface area contributed by atoms with Crippen molar-refractivity contribution < 1.29 is 14.3 Å². The summed E-state index contributed by atoms with van der Waals surface area (Å²) in [7, 11) is 1.66. The first-order valence-electron chi connectivity index (χ1n) is 7.85. The molecule has 1 atom stereocenters. The zero-order valence-electron chi connectivity index (χ0n) is 14.2. The Bertz CT molecular complexity index is 927. The number of nitrogens with zero attached hydrogens (tertiary/aromatic N) is 3. The zero-order chi connectivity index (χ0) is 18.7. The van der Waals surface area contributed by atoms with Crippen LogP contribution in [0.4, 0.5) is 0 Å². The number of benzene rings is 1. The van der Waals surface area contributed by atoms with E-state index >= 15 is 0 Å². The summed E-state index contributed by atoms with van der Waals surface area (Å²) in [5, 5.41) is 1.20. The highest BCUT2D eigenvalue weighted by molar-refractivity contribution is 7.18. The van der Waals surface area contributed by atoms with Crippen LogP contribution in [0.25, 0.3) is 10.2 Å². The molecule has 2 heterocycles. The minimum absolute atomic E-state index is 0.0622. The van der Waals surface area contributed by atoms with E-state index in [0.717, 1.165) is 15.2 Å². The number of fused-ring (bicyclic) bond motifs is 1. The number of hydrogen-bond donors (Lipinski definition) is 0. The van der Waals surface area contributed by atoms with Crippen LogP contribution in [-0.2, 0) is 9.53 Å². The fourth-order valence-electron chi connectivity index (χ4n) is 2.27. The molecule has 26 heavy (non-hydrogen) atoms. The molecule has 1 amide bonds. The first kappa shape index (κ1) is 18.3. The number of hydrogen-bond acceptors (Lipinski definition) is 6. The normalized spacial score (nSPS) is 12.0. The van der Waals surface area contributed by atoms with Gasteiger partial charge in [-0.05, 0) is 31.2 Å². The molecule has 0 N–H and O–H groups in total. The van der Waals surface area contributed by atoms with Gasteiger partial charge in [-0.25, -0.2) is 14.8 Å². The van der Waals surface area contributed by atoms with Crippen molar-refractivity contribution in [3.05, 3.63) is 58.3 Å². The minimum atomic E-state index is -0.693. The van der Waals surface area contributed by atoms with E-state index in [0.29, 0.717) is 5.02 Å². The quantitative estimate of drug-likeness (QED) is 0.622. The van der Waals surface area contributed by atoms with Gasteiger partial charge in [-0.1, -0.05) is 23.7 Å². The fraction of sp³-hybridized carbons (Fsp3) is 0.222. The van der Waals surface area contributed by atoms with Gasteiger partial charge >= 0.3 is 5.97 Å². The largest absolute Gasteiger partial charge is 0.451 e. The standard InChI is InChI=1S/C18H16ClN3O3S/c1-11(17-21-13-5-3-4-6-15(13)26-17)22(2)16(23)10-25-18(24)14-9-12(19)7-8-20-14/h3-9,11H,10H2,1-2H3/t11-/m0/s1. The van der Waals surface area contributed by atoms with Crippen LogP contribution in [-0.4, -0.2) is 40.4 Å². The van der Waals surface area contributed by atoms with E-state index in [9.17, 15) is 9.59 Å². The number of halogens is 1. The van der Waals surface area contributed by atoms with E-state index in [-0.39, 0.29) is 24.2 Å². The van der Waals surface area contributed by atoms with Crippen LogP contribution in [0.2, 0.25) is 5.02 Å². The predicted octanol–water partition coefficient (Wildman–Crippen LogP) is 3.72. The van der Waals surface area contributed by atoms with Gasteiger partial charge in [-0.2, -0.15) is 0 Å². The summed E-state index contributed by atoms with van der Waals surface area (Å²) >= 11 is 7.35. The Hall–Kier alpha value is -2.51. The summed E-state index contributed by atoms with van der Waals surface area (Å²) in [6.07, 6.45) is 1.40. The van der Waals surface area contributed by atoms with Gasteiger partial charge in [0.05, 0.1) is 16.3 Å². The molecule has 1 aromatic carbocycles. The van der Waals surface area contributed by atoms with Crippen LogP contribution < -0.4 is 0 Å². The summed E-state index contributed by atoms with van der Waals surface area (Å²) in [5.41, 5.74) is 0.964. The number of rotatable bonds is 5. The molecule has 2 aromatic heterocycles. The van der Waals surface area contributed by atoms with Crippen molar-refractivity contribution in [1.29, 1.82) is 0 Å². The molecule has 8 heteroatoms. The monoisotopic (exact) mass is 389 g/mol. The summed E-state index contributed by atoms with van der Waals surface area (Å²) < 4.78 is 6.11. The highest BCUT2D eigenvalue weighted by Crippen LogP contribution is 2.28. The van der Waals surface area contributed by atoms with Crippen molar-refractivity contribution in [2.45, 2.75) is 13.0 Å². The molecule has 0 saturated heterocycles. The summed E-state index contributed by atoms with van der Waals surface area (Å²) in [6.45, 7) is 1.51. The van der Waals surface area contributed by atoms with E-state index in [4.69, 9.17) is 16.3 Å². The maximum atomic E-state index is 12.4. The Labute approximate surface area is 159 Å². The number of esters is 1. The Morgan fingerprint density at radius 3 is 2.81 bits per heavy atom. The predicted molar refractivity (Wildman–Crippen MR) is 100 cm³/mol. The number of pyridine rings is 1. The second-order valence-corrected chi connectivity index (χ2v) is 7.13. The molecule has 0 saturated carbocycles. The molecule has 0 radical (unpaired) electrons. The highest BCUT2D eigenvalue weighted by Gasteiger charge is 2.22. The smallest absolute Gasteiger partial charge is 0.357 e. The fourth-order valence-corrected chi connectivity index (χ4v) is 3.49. The third kappa shape index (κ3) is 4.00. The van der Waals surface area contributed by atoms with Crippen LogP contribution in [0.5, 0.6) is 0 Å². The first-order valence-corrected chi connectivity index (χ1v) is 9.05. The lowest BCUT2D eigenvalue weighted by atomic mass is 10.3. The maximum Gasteiger partial charge on any atom is 0.357 e. The second-order valence-electron chi connectivity index (χ2n) is 5.64. The van der Waals surface area contributed by atoms with Crippen molar-refractivity contribution in [1.82, 2.24) is 14.9 Å². The van der Waals surface area contributed by atoms with E-state index in [1.165, 1.54) is 28.5 Å². The maximum absolute atomic E-state index is 12.4. The second kappa shape index (κ2) is 7.80. The third-order valence-corrected chi connectivity index (χ3v) is 5.34. The Morgan fingerprint density at radius 1 is 1.31 bits per heavy atom. The molecule has 134 valence electrons. The molecular weight excluding hydrogens is 374 g/mol. The number of aromatic nitrogens is 2. The molecule has 0 aliphatic heterocycles. The number of carbonyl (C=O) groups excluding carboxylic acids is 2. The molecule has 0 fully saturated rings. The van der Waals surface area contributed by atoms with Gasteiger partial charge in [0.2, 0.25) is 0 Å². The molecule has 3 rings (SSSR count). The average molecular weight is 390 g/mol. The average Bonchev–Trinajstić information content (AvgIpc) is 3.08. The molecule has 0 unspecified atom stereocenters. The lowest BCUT2D eigenvalue weighted by molar-refractivity contribution is -0.135. The van der Waals surface area contributed by atoms with Crippen LogP contribution in [0.3, 0.4) is 0 Å². The van der Waals surface area contributed by atoms with Gasteiger partial charge in [-0.3, -0.25) is 4.79 Å². The molecular formula is C18H16ClN3O3S. The van der Waals surface area contributed by atoms with Gasteiger partial charge in [0, 0.05) is 18.3 Å². The minimum Gasteiger partial charge on any atom is -0.451 e. The van der Waals surface area contributed by atoms with Crippen LogP contribution in [0.1, 0.15) is 28.5 Å². The summed E-state index contributed by atoms with van der Waals surface area (Å²) in [4.78, 5) is 34.3. The number of ether oxygens (including phenoxy) is 1. The topological polar surface area (TPSA) is 72.4 Å². The van der Waals surface area contributed by atoms with Gasteiger partial charge in [0.25, 0.3) is 5.91 Å². The van der Waals surface area contributed by atoms with Gasteiger partial charge < -0.3 is 9.64 Å². The lowest BCUT2D eigenvalue weighted by Gasteiger charge is -2.23. The van der Waals surface area contributed by atoms with Gasteiger partial charge in [0.15, 0.2) is 6.61 Å². The van der Waals surface area contributed by atoms with Crippen LogP contribution in [0, 0.1) is 0 Å². The van der Waals surface area contributed by atoms with E-state index in [1.807, 2.05) is 31.2 Å². The number of thiazole rings is 1. The number of para-hydroxylation sites is 1. The molecule has 0 spiro atoms. The molecule has 0 aliphatic rings. The summed E-state index contributed by atoms with van der Waals surface area (Å²) in [6, 6.07) is 10.5. The van der Waals surface area contributed by atoms with E-state index in [2.05, 4.69) is 9.97 Å². The Morgan fingerprint density at radius 2 is 2.08 bits per heavy atom. The van der Waals surface area contributed by atoms with Crippen LogP contribution in [0.15, 0.2) is 42.6 Å². The van der Waals surface area contributed by atoms with Crippen molar-refractivity contribution in [3.63, 3.8) is 0 Å². The number of carbonyl (C=O) groups is 2. The highest BCUT2D eigenvalue weighted by atomic mass is 35.5. The van der Waals surface area contributed by atoms with Crippen molar-refractivity contribution in [2.24, 2.45) is 0 Å². The first-order chi connectivity index (χ1) is 12.5. The van der Waals surface area contributed by atoms with Gasteiger partial charge in [-0.15, -0.1) is 11.3 Å². The Balaban J connectivity index is 1.62. The van der Waals surface area contributed by atoms with Crippen molar-refractivity contribution in [3.8, 4) is 0 Å². The Kier molecular flexibility index (Phi) is 5.49. The summed E-state index contributed by atoms with van der Waals surface area (Å²) in [5.74, 6) is -1.02.